The molecule has 0 spiro atoms. The van der Waals surface area contributed by atoms with Crippen LogP contribution in [0.5, 0.6) is 5.75 Å². The van der Waals surface area contributed by atoms with Crippen molar-refractivity contribution in [1.29, 1.82) is 0 Å². The van der Waals surface area contributed by atoms with Crippen LogP contribution in [0.1, 0.15) is 57.4 Å². The third kappa shape index (κ3) is 6.10. The van der Waals surface area contributed by atoms with E-state index in [1.165, 1.54) is 37.8 Å². The van der Waals surface area contributed by atoms with Gasteiger partial charge < -0.3 is 4.74 Å². The van der Waals surface area contributed by atoms with Crippen LogP contribution in [0.2, 0.25) is 0 Å². The van der Waals surface area contributed by atoms with Gasteiger partial charge in [-0.05, 0) is 73.6 Å². The Hall–Kier alpha value is -2.49. The fourth-order valence-corrected chi connectivity index (χ4v) is 4.85. The lowest BCUT2D eigenvalue weighted by Gasteiger charge is -2.28. The Bertz CT molecular complexity index is 981. The molecule has 0 amide bonds. The average molecular weight is 455 g/mol. The zero-order chi connectivity index (χ0) is 23.4. The molecule has 2 aromatic rings. The molecular formula is C29H33F3O. The number of hydrogen-bond acceptors (Lipinski definition) is 1. The van der Waals surface area contributed by atoms with E-state index < -0.39 is 17.5 Å². The SMILES string of the molecule is Cc1ccc(-c2ccc(OC(F)(F)C3=C(F)CC(/C=C/C4CCC(C)CC4)CC3)cc2)cc1. The van der Waals surface area contributed by atoms with Gasteiger partial charge in [-0.3, -0.25) is 0 Å². The van der Waals surface area contributed by atoms with Crippen molar-refractivity contribution in [2.75, 3.05) is 0 Å². The first-order chi connectivity index (χ1) is 15.8. The highest BCUT2D eigenvalue weighted by Gasteiger charge is 2.42. The second kappa shape index (κ2) is 10.2. The quantitative estimate of drug-likeness (QED) is 0.396. The Morgan fingerprint density at radius 2 is 1.39 bits per heavy atom. The lowest BCUT2D eigenvalue weighted by atomic mass is 9.81. The number of hydrogen-bond donors (Lipinski definition) is 0. The van der Waals surface area contributed by atoms with Crippen molar-refractivity contribution in [3.05, 3.63) is 77.6 Å². The van der Waals surface area contributed by atoms with Crippen LogP contribution in [0.25, 0.3) is 11.1 Å². The summed E-state index contributed by atoms with van der Waals surface area (Å²) in [6.07, 6.45) is 5.96. The van der Waals surface area contributed by atoms with Gasteiger partial charge in [-0.1, -0.05) is 73.9 Å². The summed E-state index contributed by atoms with van der Waals surface area (Å²) in [4.78, 5) is 0. The van der Waals surface area contributed by atoms with Gasteiger partial charge in [0, 0.05) is 6.42 Å². The number of aryl methyl sites for hydroxylation is 1. The van der Waals surface area contributed by atoms with E-state index in [4.69, 9.17) is 4.74 Å². The van der Waals surface area contributed by atoms with E-state index in [-0.39, 0.29) is 24.5 Å². The van der Waals surface area contributed by atoms with Crippen molar-refractivity contribution in [1.82, 2.24) is 0 Å². The minimum atomic E-state index is -3.65. The van der Waals surface area contributed by atoms with Gasteiger partial charge >= 0.3 is 6.11 Å². The van der Waals surface area contributed by atoms with Crippen molar-refractivity contribution in [3.8, 4) is 16.9 Å². The summed E-state index contributed by atoms with van der Waals surface area (Å²) in [5.41, 5.74) is 2.56. The van der Waals surface area contributed by atoms with Crippen LogP contribution in [0.3, 0.4) is 0 Å². The van der Waals surface area contributed by atoms with Crippen LogP contribution in [0.4, 0.5) is 13.2 Å². The molecule has 1 nitrogen and oxygen atoms in total. The number of rotatable bonds is 6. The van der Waals surface area contributed by atoms with Gasteiger partial charge in [-0.25, -0.2) is 4.39 Å². The molecule has 1 atom stereocenters. The highest BCUT2D eigenvalue weighted by atomic mass is 19.3. The molecule has 0 heterocycles. The molecule has 33 heavy (non-hydrogen) atoms. The van der Waals surface area contributed by atoms with Gasteiger partial charge in [0.15, 0.2) is 0 Å². The molecule has 0 radical (unpaired) electrons. The number of halogens is 3. The van der Waals surface area contributed by atoms with Crippen LogP contribution in [0, 0.1) is 24.7 Å². The molecule has 1 saturated carbocycles. The van der Waals surface area contributed by atoms with Crippen molar-refractivity contribution in [2.45, 2.75) is 64.9 Å². The third-order valence-electron chi connectivity index (χ3n) is 7.09. The van der Waals surface area contributed by atoms with Crippen LogP contribution >= 0.6 is 0 Å². The van der Waals surface area contributed by atoms with E-state index in [9.17, 15) is 13.2 Å². The number of alkyl halides is 2. The van der Waals surface area contributed by atoms with E-state index >= 15 is 0 Å². The average Bonchev–Trinajstić information content (AvgIpc) is 2.79. The van der Waals surface area contributed by atoms with Gasteiger partial charge in [0.05, 0.1) is 5.57 Å². The number of allylic oxidation sites excluding steroid dienone is 3. The molecule has 4 heteroatoms. The molecule has 0 aliphatic heterocycles. The zero-order valence-electron chi connectivity index (χ0n) is 19.5. The van der Waals surface area contributed by atoms with Gasteiger partial charge in [-0.15, -0.1) is 0 Å². The maximum Gasteiger partial charge on any atom is 0.425 e. The van der Waals surface area contributed by atoms with Crippen molar-refractivity contribution in [3.63, 3.8) is 0 Å². The lowest BCUT2D eigenvalue weighted by Crippen LogP contribution is -2.30. The van der Waals surface area contributed by atoms with Gasteiger partial charge in [-0.2, -0.15) is 8.78 Å². The number of ether oxygens (including phenoxy) is 1. The minimum absolute atomic E-state index is 0.0109. The maximum absolute atomic E-state index is 14.8. The molecule has 0 bridgehead atoms. The summed E-state index contributed by atoms with van der Waals surface area (Å²) < 4.78 is 49.3. The molecule has 0 N–H and O–H groups in total. The second-order valence-electron chi connectivity index (χ2n) is 9.80. The van der Waals surface area contributed by atoms with Crippen molar-refractivity contribution < 1.29 is 17.9 Å². The molecule has 2 aliphatic carbocycles. The first-order valence-corrected chi connectivity index (χ1v) is 12.1. The topological polar surface area (TPSA) is 9.23 Å². The highest BCUT2D eigenvalue weighted by Crippen LogP contribution is 2.41. The number of benzene rings is 2. The molecule has 1 unspecified atom stereocenters. The first kappa shape index (κ1) is 23.7. The van der Waals surface area contributed by atoms with E-state index in [1.807, 2.05) is 31.2 Å². The molecule has 0 aromatic heterocycles. The molecular weight excluding hydrogens is 421 g/mol. The van der Waals surface area contributed by atoms with Crippen LogP contribution < -0.4 is 4.74 Å². The fourth-order valence-electron chi connectivity index (χ4n) is 4.85. The van der Waals surface area contributed by atoms with Gasteiger partial charge in [0.25, 0.3) is 0 Å². The van der Waals surface area contributed by atoms with Gasteiger partial charge in [0.2, 0.25) is 0 Å². The summed E-state index contributed by atoms with van der Waals surface area (Å²) >= 11 is 0. The molecule has 0 saturated heterocycles. The third-order valence-corrected chi connectivity index (χ3v) is 7.09. The predicted octanol–water partition coefficient (Wildman–Crippen LogP) is 9.04. The zero-order valence-corrected chi connectivity index (χ0v) is 19.5. The second-order valence-corrected chi connectivity index (χ2v) is 9.80. The van der Waals surface area contributed by atoms with E-state index in [0.717, 1.165) is 22.6 Å². The summed E-state index contributed by atoms with van der Waals surface area (Å²) in [5.74, 6) is 0.618. The molecule has 1 fully saturated rings. The van der Waals surface area contributed by atoms with E-state index in [2.05, 4.69) is 19.1 Å². The smallest absolute Gasteiger partial charge is 0.425 e. The Morgan fingerprint density at radius 1 is 0.818 bits per heavy atom. The van der Waals surface area contributed by atoms with Crippen LogP contribution in [-0.2, 0) is 0 Å². The first-order valence-electron chi connectivity index (χ1n) is 12.1. The predicted molar refractivity (Wildman–Crippen MR) is 128 cm³/mol. The van der Waals surface area contributed by atoms with Crippen molar-refractivity contribution in [2.24, 2.45) is 17.8 Å². The van der Waals surface area contributed by atoms with E-state index in [0.29, 0.717) is 12.3 Å². The maximum atomic E-state index is 14.8. The summed E-state index contributed by atoms with van der Waals surface area (Å²) in [7, 11) is 0. The molecule has 2 aromatic carbocycles. The fraction of sp³-hybridized carbons (Fsp3) is 0.448. The minimum Gasteiger partial charge on any atom is -0.429 e. The Kier molecular flexibility index (Phi) is 7.31. The lowest BCUT2D eigenvalue weighted by molar-refractivity contribution is -0.147. The summed E-state index contributed by atoms with van der Waals surface area (Å²) in [6.45, 7) is 4.29. The normalized spacial score (nSPS) is 24.3. The van der Waals surface area contributed by atoms with Crippen LogP contribution in [0.15, 0.2) is 72.1 Å². The Morgan fingerprint density at radius 3 is 2.00 bits per heavy atom. The molecule has 176 valence electrons. The summed E-state index contributed by atoms with van der Waals surface area (Å²) in [6, 6.07) is 14.5. The Balaban J connectivity index is 1.37. The molecule has 2 aliphatic rings. The molecule has 4 rings (SSSR count). The van der Waals surface area contributed by atoms with E-state index in [1.54, 1.807) is 12.1 Å². The monoisotopic (exact) mass is 454 g/mol. The summed E-state index contributed by atoms with van der Waals surface area (Å²) in [5, 5.41) is 0. The van der Waals surface area contributed by atoms with Crippen molar-refractivity contribution >= 4 is 0 Å². The van der Waals surface area contributed by atoms with Crippen LogP contribution in [-0.4, -0.2) is 6.11 Å². The largest absolute Gasteiger partial charge is 0.429 e. The highest BCUT2D eigenvalue weighted by molar-refractivity contribution is 5.64. The van der Waals surface area contributed by atoms with Gasteiger partial charge in [0.1, 0.15) is 11.6 Å². The Labute approximate surface area is 195 Å². The standard InChI is InChI=1S/C29H33F3O/c1-20-3-7-22(8-4-20)9-10-23-11-18-27(28(30)19-23)29(31,32)33-26-16-14-25(15-17-26)24-12-5-21(2)6-13-24/h5-6,9-10,12-17,20,22-23H,3-4,7-8,11,18-19H2,1-2H3/b10-9+.